The molecule has 0 saturated heterocycles. The van der Waals surface area contributed by atoms with Crippen LogP contribution in [0.1, 0.15) is 46.8 Å². The van der Waals surface area contributed by atoms with Gasteiger partial charge in [-0.3, -0.25) is 4.79 Å². The monoisotopic (exact) mass is 474 g/mol. The third-order valence-electron chi connectivity index (χ3n) is 5.32. The van der Waals surface area contributed by atoms with Crippen molar-refractivity contribution >= 4 is 11.6 Å². The van der Waals surface area contributed by atoms with E-state index in [-0.39, 0.29) is 13.1 Å². The smallest absolute Gasteiger partial charge is 0.417 e. The van der Waals surface area contributed by atoms with Gasteiger partial charge in [0.15, 0.2) is 0 Å². The van der Waals surface area contributed by atoms with Crippen LogP contribution in [0.3, 0.4) is 0 Å². The Morgan fingerprint density at radius 2 is 1.65 bits per heavy atom. The highest BCUT2D eigenvalue weighted by Crippen LogP contribution is 2.34. The molecule has 0 heterocycles. The minimum Gasteiger partial charge on any atom is -0.489 e. The summed E-state index contributed by atoms with van der Waals surface area (Å²) in [6.07, 6.45) is -4.88. The summed E-state index contributed by atoms with van der Waals surface area (Å²) < 4.78 is 59.4. The summed E-state index contributed by atoms with van der Waals surface area (Å²) in [6.45, 7) is 4.58. The van der Waals surface area contributed by atoms with E-state index in [0.717, 1.165) is 22.6 Å². The summed E-state index contributed by atoms with van der Waals surface area (Å²) in [6, 6.07) is 16.5. The normalized spacial score (nSPS) is 11.5. The lowest BCUT2D eigenvalue weighted by molar-refractivity contribution is -0.138. The Labute approximate surface area is 196 Å². The fourth-order valence-electron chi connectivity index (χ4n) is 3.45. The summed E-state index contributed by atoms with van der Waals surface area (Å²) in [5.41, 5.74) is 6.19. The average Bonchev–Trinajstić information content (AvgIpc) is 2.81. The number of hydrogen-bond acceptors (Lipinski definition) is 3. The van der Waals surface area contributed by atoms with Gasteiger partial charge in [-0.15, -0.1) is 0 Å². The van der Waals surface area contributed by atoms with Crippen molar-refractivity contribution in [2.24, 2.45) is 5.73 Å². The van der Waals surface area contributed by atoms with E-state index in [1.54, 1.807) is 24.3 Å². The summed E-state index contributed by atoms with van der Waals surface area (Å²) in [5, 5.41) is 0. The van der Waals surface area contributed by atoms with Crippen LogP contribution in [0, 0.1) is 5.82 Å². The fourth-order valence-corrected chi connectivity index (χ4v) is 3.45. The first-order valence-corrected chi connectivity index (χ1v) is 10.8. The van der Waals surface area contributed by atoms with Gasteiger partial charge in [-0.05, 0) is 59.5 Å². The highest BCUT2D eigenvalue weighted by Gasteiger charge is 2.37. The van der Waals surface area contributed by atoms with Crippen LogP contribution in [0.15, 0.2) is 66.7 Å². The molecule has 3 aromatic carbocycles. The van der Waals surface area contributed by atoms with Crippen molar-refractivity contribution in [3.05, 3.63) is 94.8 Å². The molecule has 1 amide bonds. The van der Waals surface area contributed by atoms with Crippen LogP contribution in [0.5, 0.6) is 5.75 Å². The number of carbonyl (C=O) groups excluding carboxylic acids is 1. The Morgan fingerprint density at radius 3 is 2.21 bits per heavy atom. The molecule has 180 valence electrons. The highest BCUT2D eigenvalue weighted by atomic mass is 19.4. The van der Waals surface area contributed by atoms with Gasteiger partial charge in [0.25, 0.3) is 5.91 Å². The van der Waals surface area contributed by atoms with E-state index in [9.17, 15) is 22.4 Å². The van der Waals surface area contributed by atoms with Gasteiger partial charge in [0.1, 0.15) is 18.2 Å². The standard InChI is InChI=1S/C26H26F4N2O2/c1-17(2)19-5-3-18(4-6-19)16-34-22-10-8-21(9-11-22)32(14-13-31)25(33)23-12-7-20(27)15-24(23)26(28,29)30/h3-12,15,17H,13-14,16,31H2,1-2H3. The zero-order valence-electron chi connectivity index (χ0n) is 18.9. The minimum atomic E-state index is -4.88. The van der Waals surface area contributed by atoms with E-state index in [2.05, 4.69) is 13.8 Å². The Kier molecular flexibility index (Phi) is 7.94. The number of alkyl halides is 3. The molecule has 34 heavy (non-hydrogen) atoms. The second-order valence-corrected chi connectivity index (χ2v) is 8.11. The van der Waals surface area contributed by atoms with Gasteiger partial charge < -0.3 is 15.4 Å². The first-order valence-electron chi connectivity index (χ1n) is 10.8. The van der Waals surface area contributed by atoms with E-state index >= 15 is 0 Å². The van der Waals surface area contributed by atoms with E-state index in [4.69, 9.17) is 10.5 Å². The largest absolute Gasteiger partial charge is 0.489 e. The molecule has 3 aromatic rings. The molecule has 4 nitrogen and oxygen atoms in total. The molecule has 0 radical (unpaired) electrons. The molecule has 0 aromatic heterocycles. The second-order valence-electron chi connectivity index (χ2n) is 8.11. The number of rotatable bonds is 8. The van der Waals surface area contributed by atoms with Gasteiger partial charge in [0.05, 0.1) is 11.1 Å². The van der Waals surface area contributed by atoms with E-state index < -0.39 is 29.0 Å². The van der Waals surface area contributed by atoms with Crippen LogP contribution < -0.4 is 15.4 Å². The zero-order chi connectivity index (χ0) is 24.9. The van der Waals surface area contributed by atoms with Gasteiger partial charge in [0.2, 0.25) is 0 Å². The van der Waals surface area contributed by atoms with Crippen molar-refractivity contribution < 1.29 is 27.1 Å². The van der Waals surface area contributed by atoms with Gasteiger partial charge in [-0.25, -0.2) is 4.39 Å². The highest BCUT2D eigenvalue weighted by molar-refractivity contribution is 6.07. The summed E-state index contributed by atoms with van der Waals surface area (Å²) in [7, 11) is 0. The number of anilines is 1. The summed E-state index contributed by atoms with van der Waals surface area (Å²) >= 11 is 0. The number of nitrogens with two attached hydrogens (primary N) is 1. The van der Waals surface area contributed by atoms with Crippen molar-refractivity contribution in [1.29, 1.82) is 0 Å². The summed E-state index contributed by atoms with van der Waals surface area (Å²) in [4.78, 5) is 14.1. The Morgan fingerprint density at radius 1 is 1.00 bits per heavy atom. The topological polar surface area (TPSA) is 55.6 Å². The van der Waals surface area contributed by atoms with Crippen molar-refractivity contribution in [1.82, 2.24) is 0 Å². The average molecular weight is 474 g/mol. The molecule has 8 heteroatoms. The quantitative estimate of drug-likeness (QED) is 0.398. The first-order chi connectivity index (χ1) is 16.1. The van der Waals surface area contributed by atoms with Crippen LogP contribution in [-0.2, 0) is 12.8 Å². The van der Waals surface area contributed by atoms with E-state index in [1.165, 1.54) is 5.56 Å². The lowest BCUT2D eigenvalue weighted by Crippen LogP contribution is -2.36. The number of hydrogen-bond donors (Lipinski definition) is 1. The maximum atomic E-state index is 13.4. The van der Waals surface area contributed by atoms with Gasteiger partial charge in [0, 0.05) is 18.8 Å². The molecule has 0 spiro atoms. The number of ether oxygens (including phenoxy) is 1. The Hall–Kier alpha value is -3.39. The molecule has 0 aliphatic heterocycles. The molecule has 0 fully saturated rings. The number of benzene rings is 3. The van der Waals surface area contributed by atoms with Gasteiger partial charge in [-0.2, -0.15) is 13.2 Å². The third kappa shape index (κ3) is 6.14. The van der Waals surface area contributed by atoms with Crippen LogP contribution in [0.4, 0.5) is 23.2 Å². The molecule has 0 atom stereocenters. The first kappa shape index (κ1) is 25.2. The molecule has 2 N–H and O–H groups in total. The third-order valence-corrected chi connectivity index (χ3v) is 5.32. The van der Waals surface area contributed by atoms with Crippen LogP contribution in [0.25, 0.3) is 0 Å². The Bertz CT molecular complexity index is 1110. The fraction of sp³-hybridized carbons (Fsp3) is 0.269. The van der Waals surface area contributed by atoms with Crippen LogP contribution in [0.2, 0.25) is 0 Å². The van der Waals surface area contributed by atoms with Gasteiger partial charge >= 0.3 is 6.18 Å². The van der Waals surface area contributed by atoms with E-state index in [0.29, 0.717) is 30.0 Å². The molecular weight excluding hydrogens is 448 g/mol. The molecule has 0 bridgehead atoms. The van der Waals surface area contributed by atoms with Gasteiger partial charge in [-0.1, -0.05) is 38.1 Å². The van der Waals surface area contributed by atoms with E-state index in [1.807, 2.05) is 24.3 Å². The van der Waals surface area contributed by atoms with Crippen LogP contribution in [-0.4, -0.2) is 19.0 Å². The predicted octanol–water partition coefficient (Wildman–Crippen LogP) is 6.15. The number of halogens is 4. The molecule has 3 rings (SSSR count). The summed E-state index contributed by atoms with van der Waals surface area (Å²) in [5.74, 6) is -1.02. The molecule has 0 saturated carbocycles. The predicted molar refractivity (Wildman–Crippen MR) is 123 cm³/mol. The van der Waals surface area contributed by atoms with Crippen molar-refractivity contribution in [3.8, 4) is 5.75 Å². The van der Waals surface area contributed by atoms with Crippen molar-refractivity contribution in [3.63, 3.8) is 0 Å². The van der Waals surface area contributed by atoms with Crippen LogP contribution >= 0.6 is 0 Å². The number of nitrogens with zero attached hydrogens (tertiary/aromatic N) is 1. The SMILES string of the molecule is CC(C)c1ccc(COc2ccc(N(CCN)C(=O)c3ccc(F)cc3C(F)(F)F)cc2)cc1. The molecule has 0 unspecified atom stereocenters. The maximum absolute atomic E-state index is 13.4. The lowest BCUT2D eigenvalue weighted by atomic mass is 10.0. The minimum absolute atomic E-state index is 0.0179. The molecule has 0 aliphatic carbocycles. The van der Waals surface area contributed by atoms with Crippen molar-refractivity contribution in [2.75, 3.05) is 18.0 Å². The maximum Gasteiger partial charge on any atom is 0.417 e. The lowest BCUT2D eigenvalue weighted by Gasteiger charge is -2.24. The number of carbonyl (C=O) groups is 1. The molecule has 0 aliphatic rings. The number of amides is 1. The second kappa shape index (κ2) is 10.7. The Balaban J connectivity index is 1.77. The van der Waals surface area contributed by atoms with Crippen molar-refractivity contribution in [2.45, 2.75) is 32.5 Å². The zero-order valence-corrected chi connectivity index (χ0v) is 18.9. The molecular formula is C26H26F4N2O2.